The lowest BCUT2D eigenvalue weighted by atomic mass is 10.0. The van der Waals surface area contributed by atoms with Crippen LogP contribution in [0.25, 0.3) is 16.5 Å². The monoisotopic (exact) mass is 370 g/mol. The average molecular weight is 370 g/mol. The standard InChI is InChI=1S/C20H22N2O5/c1-3-27-20(25)15-12-22(17(23)8-9-18(24)26-2)11-10-14-13-6-4-5-7-16(13)21-19(14)15/h4-7,12,21H,3,8-11H2,1-2H3. The molecule has 0 atom stereocenters. The number of nitrogens with zero attached hydrogens (tertiary/aromatic N) is 1. The number of hydrogen-bond donors (Lipinski definition) is 1. The van der Waals surface area contributed by atoms with Crippen LogP contribution in [-0.2, 0) is 30.3 Å². The number of fused-ring (bicyclic) bond motifs is 3. The molecule has 7 nitrogen and oxygen atoms in total. The summed E-state index contributed by atoms with van der Waals surface area (Å²) in [7, 11) is 1.29. The highest BCUT2D eigenvalue weighted by molar-refractivity contribution is 6.18. The Kier molecular flexibility index (Phi) is 5.59. The van der Waals surface area contributed by atoms with Crippen molar-refractivity contribution in [2.75, 3.05) is 20.3 Å². The highest BCUT2D eigenvalue weighted by atomic mass is 16.5. The van der Waals surface area contributed by atoms with Gasteiger partial charge in [0, 0.05) is 30.1 Å². The molecule has 1 amide bonds. The molecule has 0 aliphatic carbocycles. The molecule has 3 rings (SSSR count). The molecule has 0 saturated heterocycles. The molecule has 0 radical (unpaired) electrons. The molecule has 2 aromatic rings. The van der Waals surface area contributed by atoms with Crippen LogP contribution in [0.15, 0.2) is 30.5 Å². The second-order valence-electron chi connectivity index (χ2n) is 6.20. The first kappa shape index (κ1) is 18.7. The third-order valence-corrected chi connectivity index (χ3v) is 4.56. The van der Waals surface area contributed by atoms with Gasteiger partial charge in [-0.3, -0.25) is 9.59 Å². The van der Waals surface area contributed by atoms with Gasteiger partial charge in [0.2, 0.25) is 5.91 Å². The molecule has 0 unspecified atom stereocenters. The normalized spacial score (nSPS) is 13.6. The summed E-state index contributed by atoms with van der Waals surface area (Å²) in [6.07, 6.45) is 2.14. The summed E-state index contributed by atoms with van der Waals surface area (Å²) in [6.45, 7) is 2.39. The van der Waals surface area contributed by atoms with E-state index in [0.717, 1.165) is 16.5 Å². The molecule has 142 valence electrons. The number of esters is 2. The average Bonchev–Trinajstić information content (AvgIpc) is 2.93. The first-order chi connectivity index (χ1) is 13.0. The van der Waals surface area contributed by atoms with Crippen molar-refractivity contribution in [3.05, 3.63) is 41.7 Å². The van der Waals surface area contributed by atoms with E-state index in [1.807, 2.05) is 24.3 Å². The van der Waals surface area contributed by atoms with Crippen molar-refractivity contribution in [1.82, 2.24) is 9.88 Å². The molecule has 0 spiro atoms. The maximum absolute atomic E-state index is 12.5. The fraction of sp³-hybridized carbons (Fsp3) is 0.350. The number of amides is 1. The van der Waals surface area contributed by atoms with E-state index in [1.165, 1.54) is 18.2 Å². The zero-order chi connectivity index (χ0) is 19.4. The number of rotatable bonds is 5. The molecule has 2 heterocycles. The van der Waals surface area contributed by atoms with Crippen molar-refractivity contribution in [3.8, 4) is 0 Å². The number of hydrogen-bond acceptors (Lipinski definition) is 5. The van der Waals surface area contributed by atoms with Gasteiger partial charge >= 0.3 is 11.9 Å². The predicted octanol–water partition coefficient (Wildman–Crippen LogP) is 2.41. The van der Waals surface area contributed by atoms with E-state index in [4.69, 9.17) is 4.74 Å². The molecule has 7 heteroatoms. The Bertz CT molecular complexity index is 912. The molecule has 1 aromatic carbocycles. The molecule has 1 N–H and O–H groups in total. The van der Waals surface area contributed by atoms with Crippen molar-refractivity contribution < 1.29 is 23.9 Å². The van der Waals surface area contributed by atoms with Gasteiger partial charge in [-0.05, 0) is 25.0 Å². The predicted molar refractivity (Wildman–Crippen MR) is 99.6 cm³/mol. The van der Waals surface area contributed by atoms with Crippen LogP contribution in [-0.4, -0.2) is 48.0 Å². The largest absolute Gasteiger partial charge is 0.469 e. The molecule has 0 bridgehead atoms. The fourth-order valence-corrected chi connectivity index (χ4v) is 3.22. The van der Waals surface area contributed by atoms with Crippen LogP contribution in [0.1, 0.15) is 31.0 Å². The third kappa shape index (κ3) is 3.86. The molecular formula is C20H22N2O5. The van der Waals surface area contributed by atoms with Crippen LogP contribution in [0.5, 0.6) is 0 Å². The molecular weight excluding hydrogens is 348 g/mol. The summed E-state index contributed by atoms with van der Waals surface area (Å²) in [4.78, 5) is 41.2. The number of nitrogens with one attached hydrogen (secondary N) is 1. The van der Waals surface area contributed by atoms with E-state index in [9.17, 15) is 14.4 Å². The minimum atomic E-state index is -0.488. The number of aromatic nitrogens is 1. The van der Waals surface area contributed by atoms with Crippen molar-refractivity contribution in [3.63, 3.8) is 0 Å². The van der Waals surface area contributed by atoms with Crippen LogP contribution in [0.2, 0.25) is 0 Å². The first-order valence-corrected chi connectivity index (χ1v) is 8.90. The molecule has 1 aliphatic heterocycles. The van der Waals surface area contributed by atoms with Crippen molar-refractivity contribution in [2.24, 2.45) is 0 Å². The zero-order valence-corrected chi connectivity index (χ0v) is 15.4. The number of para-hydroxylation sites is 1. The lowest BCUT2D eigenvalue weighted by Gasteiger charge is -2.17. The number of carbonyl (C=O) groups is 3. The maximum atomic E-state index is 12.5. The van der Waals surface area contributed by atoms with E-state index in [1.54, 1.807) is 6.92 Å². The number of methoxy groups -OCH3 is 1. The summed E-state index contributed by atoms with van der Waals surface area (Å²) in [6, 6.07) is 7.80. The number of aromatic amines is 1. The zero-order valence-electron chi connectivity index (χ0n) is 15.4. The Morgan fingerprint density at radius 2 is 1.96 bits per heavy atom. The van der Waals surface area contributed by atoms with E-state index in [0.29, 0.717) is 24.2 Å². The SMILES string of the molecule is CCOC(=O)C1=CN(C(=O)CCC(=O)OC)CCc2c1[nH]c1ccccc21. The van der Waals surface area contributed by atoms with Gasteiger partial charge in [0.15, 0.2) is 0 Å². The molecule has 1 aromatic heterocycles. The number of carbonyl (C=O) groups excluding carboxylic acids is 3. The van der Waals surface area contributed by atoms with Gasteiger partial charge in [-0.1, -0.05) is 18.2 Å². The third-order valence-electron chi connectivity index (χ3n) is 4.56. The molecule has 1 aliphatic rings. The fourth-order valence-electron chi connectivity index (χ4n) is 3.22. The van der Waals surface area contributed by atoms with Crippen LogP contribution in [0, 0.1) is 0 Å². The number of benzene rings is 1. The highest BCUT2D eigenvalue weighted by Gasteiger charge is 2.27. The quantitative estimate of drug-likeness (QED) is 0.817. The lowest BCUT2D eigenvalue weighted by molar-refractivity contribution is -0.143. The van der Waals surface area contributed by atoms with E-state index >= 15 is 0 Å². The first-order valence-electron chi connectivity index (χ1n) is 8.90. The van der Waals surface area contributed by atoms with Crippen LogP contribution in [0.3, 0.4) is 0 Å². The summed E-state index contributed by atoms with van der Waals surface area (Å²) in [5.41, 5.74) is 2.90. The Labute approximate surface area is 156 Å². The second kappa shape index (κ2) is 8.07. The summed E-state index contributed by atoms with van der Waals surface area (Å²) >= 11 is 0. The van der Waals surface area contributed by atoms with Gasteiger partial charge in [0.1, 0.15) is 0 Å². The van der Waals surface area contributed by atoms with Gasteiger partial charge in [-0.25, -0.2) is 4.79 Å². The minimum Gasteiger partial charge on any atom is -0.469 e. The Morgan fingerprint density at radius 1 is 1.19 bits per heavy atom. The Morgan fingerprint density at radius 3 is 2.70 bits per heavy atom. The molecule has 27 heavy (non-hydrogen) atoms. The van der Waals surface area contributed by atoms with Gasteiger partial charge in [0.05, 0.1) is 31.4 Å². The van der Waals surface area contributed by atoms with E-state index < -0.39 is 11.9 Å². The van der Waals surface area contributed by atoms with Crippen LogP contribution >= 0.6 is 0 Å². The Hall–Kier alpha value is -3.09. The van der Waals surface area contributed by atoms with Gasteiger partial charge in [-0.2, -0.15) is 0 Å². The summed E-state index contributed by atoms with van der Waals surface area (Å²) in [5, 5.41) is 1.02. The second-order valence-corrected chi connectivity index (χ2v) is 6.20. The lowest BCUT2D eigenvalue weighted by Crippen LogP contribution is -2.28. The van der Waals surface area contributed by atoms with Gasteiger partial charge in [-0.15, -0.1) is 0 Å². The Balaban J connectivity index is 1.96. The van der Waals surface area contributed by atoms with E-state index in [2.05, 4.69) is 9.72 Å². The van der Waals surface area contributed by atoms with Crippen molar-refractivity contribution in [1.29, 1.82) is 0 Å². The molecule has 0 fully saturated rings. The summed E-state index contributed by atoms with van der Waals surface area (Å²) in [5.74, 6) is -1.17. The smallest absolute Gasteiger partial charge is 0.341 e. The summed E-state index contributed by atoms with van der Waals surface area (Å²) < 4.78 is 9.78. The van der Waals surface area contributed by atoms with Crippen molar-refractivity contribution >= 4 is 34.3 Å². The molecule has 0 saturated carbocycles. The number of H-pyrrole nitrogens is 1. The van der Waals surface area contributed by atoms with Gasteiger partial charge in [0.25, 0.3) is 0 Å². The van der Waals surface area contributed by atoms with Crippen LogP contribution in [0.4, 0.5) is 0 Å². The van der Waals surface area contributed by atoms with Crippen molar-refractivity contribution in [2.45, 2.75) is 26.2 Å². The number of ether oxygens (including phenoxy) is 2. The van der Waals surface area contributed by atoms with Gasteiger partial charge < -0.3 is 19.4 Å². The maximum Gasteiger partial charge on any atom is 0.341 e. The minimum absolute atomic E-state index is 0.00262. The topological polar surface area (TPSA) is 88.7 Å². The highest BCUT2D eigenvalue weighted by Crippen LogP contribution is 2.31. The van der Waals surface area contributed by atoms with Crippen LogP contribution < -0.4 is 0 Å². The van der Waals surface area contributed by atoms with E-state index in [-0.39, 0.29) is 25.4 Å².